The Balaban J connectivity index is 2.57. The zero-order valence-corrected chi connectivity index (χ0v) is 9.52. The van der Waals surface area contributed by atoms with Gasteiger partial charge in [0.15, 0.2) is 5.60 Å². The van der Waals surface area contributed by atoms with Gasteiger partial charge in [0.2, 0.25) is 0 Å². The first kappa shape index (κ1) is 12.7. The van der Waals surface area contributed by atoms with Crippen LogP contribution in [0.5, 0.6) is 0 Å². The molecule has 1 aromatic carbocycles. The van der Waals surface area contributed by atoms with Crippen LogP contribution in [0, 0.1) is 11.3 Å². The number of nitrogens with zero attached hydrogens (tertiary/aromatic N) is 1. The first-order chi connectivity index (χ1) is 7.70. The summed E-state index contributed by atoms with van der Waals surface area (Å²) in [4.78, 5) is 0. The second kappa shape index (κ2) is 6.26. The van der Waals surface area contributed by atoms with Crippen molar-refractivity contribution in [2.75, 3.05) is 13.2 Å². The van der Waals surface area contributed by atoms with Gasteiger partial charge in [0.25, 0.3) is 0 Å². The van der Waals surface area contributed by atoms with E-state index in [4.69, 9.17) is 15.1 Å². The minimum Gasteiger partial charge on any atom is -0.396 e. The van der Waals surface area contributed by atoms with Crippen LogP contribution in [-0.4, -0.2) is 23.9 Å². The highest BCUT2D eigenvalue weighted by Gasteiger charge is 2.24. The minimum atomic E-state index is -0.809. The van der Waals surface area contributed by atoms with Crippen LogP contribution < -0.4 is 0 Å². The van der Waals surface area contributed by atoms with Crippen LogP contribution >= 0.6 is 0 Å². The summed E-state index contributed by atoms with van der Waals surface area (Å²) in [5, 5.41) is 17.8. The van der Waals surface area contributed by atoms with E-state index in [9.17, 15) is 0 Å². The van der Waals surface area contributed by atoms with E-state index in [-0.39, 0.29) is 6.61 Å². The molecule has 1 unspecified atom stereocenters. The SMILES string of the molecule is CC(C#N)(Cc1ccccc1)OCCCO. The second-order valence-corrected chi connectivity index (χ2v) is 3.93. The highest BCUT2D eigenvalue weighted by atomic mass is 16.5. The molecule has 3 nitrogen and oxygen atoms in total. The molecule has 0 radical (unpaired) electrons. The summed E-state index contributed by atoms with van der Waals surface area (Å²) in [6.45, 7) is 2.28. The quantitative estimate of drug-likeness (QED) is 0.743. The van der Waals surface area contributed by atoms with Crippen molar-refractivity contribution in [2.45, 2.75) is 25.4 Å². The predicted octanol–water partition coefficient (Wildman–Crippen LogP) is 1.91. The molecule has 0 fully saturated rings. The monoisotopic (exact) mass is 219 g/mol. The summed E-state index contributed by atoms with van der Waals surface area (Å²) in [7, 11) is 0. The maximum absolute atomic E-state index is 9.11. The van der Waals surface area contributed by atoms with Crippen molar-refractivity contribution in [3.05, 3.63) is 35.9 Å². The summed E-state index contributed by atoms with van der Waals surface area (Å²) in [5.41, 5.74) is 0.270. The van der Waals surface area contributed by atoms with E-state index in [1.54, 1.807) is 6.92 Å². The van der Waals surface area contributed by atoms with Crippen molar-refractivity contribution in [3.63, 3.8) is 0 Å². The van der Waals surface area contributed by atoms with Gasteiger partial charge in [-0.3, -0.25) is 0 Å². The highest BCUT2D eigenvalue weighted by molar-refractivity contribution is 5.19. The molecular formula is C13H17NO2. The zero-order chi connectivity index (χ0) is 11.9. The largest absolute Gasteiger partial charge is 0.396 e. The number of rotatable bonds is 6. The van der Waals surface area contributed by atoms with Crippen LogP contribution in [-0.2, 0) is 11.2 Å². The lowest BCUT2D eigenvalue weighted by atomic mass is 9.98. The molecule has 1 aromatic rings. The van der Waals surface area contributed by atoms with E-state index in [2.05, 4.69) is 6.07 Å². The molecule has 0 saturated heterocycles. The first-order valence-corrected chi connectivity index (χ1v) is 5.40. The molecule has 0 heterocycles. The molecule has 0 aromatic heterocycles. The maximum atomic E-state index is 9.11. The molecule has 3 heteroatoms. The molecule has 0 aliphatic rings. The van der Waals surface area contributed by atoms with Crippen molar-refractivity contribution in [2.24, 2.45) is 0 Å². The first-order valence-electron chi connectivity index (χ1n) is 5.40. The van der Waals surface area contributed by atoms with Gasteiger partial charge in [-0.15, -0.1) is 0 Å². The van der Waals surface area contributed by atoms with Crippen LogP contribution in [0.3, 0.4) is 0 Å². The number of aliphatic hydroxyl groups excluding tert-OH is 1. The Morgan fingerprint density at radius 2 is 2.06 bits per heavy atom. The molecule has 1 rings (SSSR count). The molecule has 0 bridgehead atoms. The standard InChI is InChI=1S/C13H17NO2/c1-13(11-14,16-9-5-8-15)10-12-6-3-2-4-7-12/h2-4,6-7,15H,5,8-10H2,1H3. The summed E-state index contributed by atoms with van der Waals surface area (Å²) in [6, 6.07) is 12.0. The van der Waals surface area contributed by atoms with Gasteiger partial charge in [-0.2, -0.15) is 5.26 Å². The minimum absolute atomic E-state index is 0.0901. The van der Waals surface area contributed by atoms with Gasteiger partial charge in [0.1, 0.15) is 0 Å². The van der Waals surface area contributed by atoms with Gasteiger partial charge in [0.05, 0.1) is 12.7 Å². The highest BCUT2D eigenvalue weighted by Crippen LogP contribution is 2.17. The number of aliphatic hydroxyl groups is 1. The molecular weight excluding hydrogens is 202 g/mol. The van der Waals surface area contributed by atoms with Gasteiger partial charge in [0, 0.05) is 13.0 Å². The van der Waals surface area contributed by atoms with Gasteiger partial charge >= 0.3 is 0 Å². The molecule has 86 valence electrons. The maximum Gasteiger partial charge on any atom is 0.155 e. The Hall–Kier alpha value is -1.37. The fourth-order valence-corrected chi connectivity index (χ4v) is 1.47. The van der Waals surface area contributed by atoms with Crippen molar-refractivity contribution >= 4 is 0 Å². The molecule has 0 aliphatic heterocycles. The average Bonchev–Trinajstić information content (AvgIpc) is 2.31. The Morgan fingerprint density at radius 3 is 2.62 bits per heavy atom. The molecule has 1 atom stereocenters. The van der Waals surface area contributed by atoms with Crippen molar-refractivity contribution in [3.8, 4) is 6.07 Å². The van der Waals surface area contributed by atoms with E-state index in [1.165, 1.54) is 0 Å². The second-order valence-electron chi connectivity index (χ2n) is 3.93. The van der Waals surface area contributed by atoms with Gasteiger partial charge in [-0.25, -0.2) is 0 Å². The molecule has 16 heavy (non-hydrogen) atoms. The van der Waals surface area contributed by atoms with Crippen LogP contribution in [0.2, 0.25) is 0 Å². The third-order valence-electron chi connectivity index (χ3n) is 2.34. The molecule has 1 N–H and O–H groups in total. The Bertz CT molecular complexity index is 345. The van der Waals surface area contributed by atoms with Crippen molar-refractivity contribution < 1.29 is 9.84 Å². The fraction of sp³-hybridized carbons (Fsp3) is 0.462. The Labute approximate surface area is 96.3 Å². The smallest absolute Gasteiger partial charge is 0.155 e. The predicted molar refractivity (Wildman–Crippen MR) is 61.8 cm³/mol. The summed E-state index contributed by atoms with van der Waals surface area (Å²) in [5.74, 6) is 0. The van der Waals surface area contributed by atoms with E-state index < -0.39 is 5.60 Å². The fourth-order valence-electron chi connectivity index (χ4n) is 1.47. The number of ether oxygens (including phenoxy) is 1. The van der Waals surface area contributed by atoms with Crippen LogP contribution in [0.25, 0.3) is 0 Å². The summed E-state index contributed by atoms with van der Waals surface area (Å²) < 4.78 is 5.50. The van der Waals surface area contributed by atoms with Crippen molar-refractivity contribution in [1.29, 1.82) is 5.26 Å². The third-order valence-corrected chi connectivity index (χ3v) is 2.34. The molecule has 0 aliphatic carbocycles. The molecule has 0 spiro atoms. The average molecular weight is 219 g/mol. The molecule has 0 saturated carbocycles. The van der Waals surface area contributed by atoms with Crippen LogP contribution in [0.4, 0.5) is 0 Å². The Morgan fingerprint density at radius 1 is 1.38 bits per heavy atom. The van der Waals surface area contributed by atoms with Gasteiger partial charge in [-0.05, 0) is 18.9 Å². The van der Waals surface area contributed by atoms with Crippen LogP contribution in [0.1, 0.15) is 18.9 Å². The lowest BCUT2D eigenvalue weighted by Gasteiger charge is -2.22. The normalized spacial score (nSPS) is 14.1. The summed E-state index contributed by atoms with van der Waals surface area (Å²) in [6.07, 6.45) is 1.13. The number of hydrogen-bond donors (Lipinski definition) is 1. The lowest BCUT2D eigenvalue weighted by molar-refractivity contribution is 0.00518. The Kier molecular flexibility index (Phi) is 4.97. The number of hydrogen-bond acceptors (Lipinski definition) is 3. The third kappa shape index (κ3) is 4.01. The van der Waals surface area contributed by atoms with E-state index >= 15 is 0 Å². The molecule has 0 amide bonds. The number of benzene rings is 1. The van der Waals surface area contributed by atoms with Gasteiger partial charge < -0.3 is 9.84 Å². The topological polar surface area (TPSA) is 53.2 Å². The zero-order valence-electron chi connectivity index (χ0n) is 9.52. The summed E-state index contributed by atoms with van der Waals surface area (Å²) >= 11 is 0. The van der Waals surface area contributed by atoms with E-state index in [1.807, 2.05) is 30.3 Å². The van der Waals surface area contributed by atoms with Crippen LogP contribution in [0.15, 0.2) is 30.3 Å². The van der Waals surface area contributed by atoms with E-state index in [0.717, 1.165) is 5.56 Å². The van der Waals surface area contributed by atoms with Crippen molar-refractivity contribution in [1.82, 2.24) is 0 Å². The van der Waals surface area contributed by atoms with E-state index in [0.29, 0.717) is 19.4 Å². The van der Waals surface area contributed by atoms with Gasteiger partial charge in [-0.1, -0.05) is 30.3 Å². The number of nitriles is 1. The lowest BCUT2D eigenvalue weighted by Crippen LogP contribution is -2.30.